The number of nitrogens with zero attached hydrogens (tertiary/aromatic N) is 1. The molecular weight excluding hydrogens is 379 g/mol. The molecule has 4 nitrogen and oxygen atoms in total. The van der Waals surface area contributed by atoms with Crippen LogP contribution in [0.2, 0.25) is 5.02 Å². The molecule has 0 amide bonds. The third-order valence-corrected chi connectivity index (χ3v) is 4.89. The first-order valence-corrected chi connectivity index (χ1v) is 10.2. The summed E-state index contributed by atoms with van der Waals surface area (Å²) in [5, 5.41) is 3.82. The van der Waals surface area contributed by atoms with Crippen LogP contribution in [0.3, 0.4) is 0 Å². The summed E-state index contributed by atoms with van der Waals surface area (Å²) in [5.74, 6) is 0.986. The van der Waals surface area contributed by atoms with Crippen LogP contribution in [0.4, 0.5) is 4.39 Å². The van der Waals surface area contributed by atoms with E-state index in [1.165, 1.54) is 12.1 Å². The summed E-state index contributed by atoms with van der Waals surface area (Å²) in [6.07, 6.45) is 0. The van der Waals surface area contributed by atoms with Crippen LogP contribution in [-0.2, 0) is 13.2 Å². The van der Waals surface area contributed by atoms with E-state index in [1.54, 1.807) is 6.07 Å². The van der Waals surface area contributed by atoms with E-state index in [0.29, 0.717) is 23.1 Å². The van der Waals surface area contributed by atoms with Crippen LogP contribution >= 0.6 is 11.6 Å². The van der Waals surface area contributed by atoms with Crippen molar-refractivity contribution in [2.45, 2.75) is 33.9 Å². The van der Waals surface area contributed by atoms with Gasteiger partial charge in [0, 0.05) is 25.2 Å². The van der Waals surface area contributed by atoms with Gasteiger partial charge in [-0.1, -0.05) is 37.6 Å². The molecule has 0 radical (unpaired) electrons. The lowest BCUT2D eigenvalue weighted by atomic mass is 10.2. The molecule has 0 aliphatic heterocycles. The molecule has 2 aromatic carbocycles. The Morgan fingerprint density at radius 1 is 1.00 bits per heavy atom. The predicted molar refractivity (Wildman–Crippen MR) is 113 cm³/mol. The van der Waals surface area contributed by atoms with Gasteiger partial charge in [0.2, 0.25) is 0 Å². The van der Waals surface area contributed by atoms with Gasteiger partial charge < -0.3 is 19.7 Å². The Balaban J connectivity index is 1.95. The van der Waals surface area contributed by atoms with Crippen LogP contribution in [0.25, 0.3) is 0 Å². The standard InChI is InChI=1S/C22H30ClFN2O2/c1-4-26(5-2)12-11-25-15-17-7-10-21(22(13-17)27-6-3)28-16-18-8-9-19(24)14-20(18)23/h7-10,13-14,25H,4-6,11-12,15-16H2,1-3H3. The third kappa shape index (κ3) is 6.97. The summed E-state index contributed by atoms with van der Waals surface area (Å²) in [4.78, 5) is 2.39. The van der Waals surface area contributed by atoms with Crippen molar-refractivity contribution >= 4 is 11.6 Å². The highest BCUT2D eigenvalue weighted by atomic mass is 35.5. The minimum atomic E-state index is -0.360. The quantitative estimate of drug-likeness (QED) is 0.507. The smallest absolute Gasteiger partial charge is 0.161 e. The Morgan fingerprint density at radius 2 is 1.79 bits per heavy atom. The van der Waals surface area contributed by atoms with E-state index in [4.69, 9.17) is 21.1 Å². The number of hydrogen-bond acceptors (Lipinski definition) is 4. The molecule has 28 heavy (non-hydrogen) atoms. The topological polar surface area (TPSA) is 33.7 Å². The minimum Gasteiger partial charge on any atom is -0.490 e. The molecule has 0 saturated heterocycles. The first kappa shape index (κ1) is 22.5. The zero-order valence-corrected chi connectivity index (χ0v) is 17.7. The number of benzene rings is 2. The van der Waals surface area contributed by atoms with Gasteiger partial charge in [0.05, 0.1) is 11.6 Å². The van der Waals surface area contributed by atoms with Crippen molar-refractivity contribution in [2.75, 3.05) is 32.8 Å². The summed E-state index contributed by atoms with van der Waals surface area (Å²) in [5.41, 5.74) is 1.86. The van der Waals surface area contributed by atoms with Gasteiger partial charge >= 0.3 is 0 Å². The maximum absolute atomic E-state index is 13.2. The van der Waals surface area contributed by atoms with Gasteiger partial charge in [-0.05, 0) is 49.8 Å². The van der Waals surface area contributed by atoms with Crippen LogP contribution in [0.1, 0.15) is 31.9 Å². The fourth-order valence-corrected chi connectivity index (χ4v) is 3.08. The number of ether oxygens (including phenoxy) is 2. The highest BCUT2D eigenvalue weighted by molar-refractivity contribution is 6.31. The van der Waals surface area contributed by atoms with E-state index in [-0.39, 0.29) is 12.4 Å². The SMILES string of the molecule is CCOc1cc(CNCCN(CC)CC)ccc1OCc1ccc(F)cc1Cl. The second kappa shape index (κ2) is 11.9. The molecule has 0 aromatic heterocycles. The lowest BCUT2D eigenvalue weighted by Gasteiger charge is -2.18. The van der Waals surface area contributed by atoms with Crippen LogP contribution < -0.4 is 14.8 Å². The molecule has 0 aliphatic rings. The average Bonchev–Trinajstić information content (AvgIpc) is 2.69. The summed E-state index contributed by atoms with van der Waals surface area (Å²) < 4.78 is 24.8. The molecule has 2 aromatic rings. The Kier molecular flexibility index (Phi) is 9.55. The molecule has 0 aliphatic carbocycles. The largest absolute Gasteiger partial charge is 0.490 e. The van der Waals surface area contributed by atoms with Crippen molar-refractivity contribution in [1.82, 2.24) is 10.2 Å². The molecule has 2 rings (SSSR count). The summed E-state index contributed by atoms with van der Waals surface area (Å²) in [6, 6.07) is 10.2. The zero-order chi connectivity index (χ0) is 20.4. The molecule has 0 heterocycles. The Labute approximate surface area is 172 Å². The number of hydrogen-bond donors (Lipinski definition) is 1. The van der Waals surface area contributed by atoms with Crippen LogP contribution in [0.5, 0.6) is 11.5 Å². The lowest BCUT2D eigenvalue weighted by molar-refractivity contribution is 0.269. The van der Waals surface area contributed by atoms with Crippen molar-refractivity contribution in [3.05, 3.63) is 58.4 Å². The van der Waals surface area contributed by atoms with E-state index < -0.39 is 0 Å². The van der Waals surface area contributed by atoms with Crippen molar-refractivity contribution in [2.24, 2.45) is 0 Å². The monoisotopic (exact) mass is 408 g/mol. The van der Waals surface area contributed by atoms with Crippen molar-refractivity contribution in [3.63, 3.8) is 0 Å². The van der Waals surface area contributed by atoms with Gasteiger partial charge in [-0.25, -0.2) is 4.39 Å². The molecule has 154 valence electrons. The third-order valence-electron chi connectivity index (χ3n) is 4.53. The van der Waals surface area contributed by atoms with Gasteiger partial charge in [0.25, 0.3) is 0 Å². The van der Waals surface area contributed by atoms with Gasteiger partial charge in [-0.2, -0.15) is 0 Å². The number of rotatable bonds is 12. The molecule has 0 saturated carbocycles. The fraction of sp³-hybridized carbons (Fsp3) is 0.455. The van der Waals surface area contributed by atoms with Crippen LogP contribution in [0, 0.1) is 5.82 Å². The van der Waals surface area contributed by atoms with E-state index in [1.807, 2.05) is 25.1 Å². The molecule has 0 spiro atoms. The molecule has 6 heteroatoms. The first-order chi connectivity index (χ1) is 13.6. The van der Waals surface area contributed by atoms with E-state index in [0.717, 1.165) is 43.9 Å². The fourth-order valence-electron chi connectivity index (χ4n) is 2.85. The van der Waals surface area contributed by atoms with E-state index in [9.17, 15) is 4.39 Å². The van der Waals surface area contributed by atoms with E-state index >= 15 is 0 Å². The highest BCUT2D eigenvalue weighted by Gasteiger charge is 2.09. The van der Waals surface area contributed by atoms with Gasteiger partial charge in [0.15, 0.2) is 11.5 Å². The second-order valence-corrected chi connectivity index (χ2v) is 6.85. The molecular formula is C22H30ClFN2O2. The minimum absolute atomic E-state index is 0.251. The molecule has 0 unspecified atom stereocenters. The Morgan fingerprint density at radius 3 is 2.46 bits per heavy atom. The second-order valence-electron chi connectivity index (χ2n) is 6.44. The highest BCUT2D eigenvalue weighted by Crippen LogP contribution is 2.30. The predicted octanol–water partition coefficient (Wildman–Crippen LogP) is 4.89. The Bertz CT molecular complexity index is 738. The zero-order valence-electron chi connectivity index (χ0n) is 16.9. The maximum Gasteiger partial charge on any atom is 0.161 e. The maximum atomic E-state index is 13.2. The number of likely N-dealkylation sites (N-methyl/N-ethyl adjacent to an activating group) is 1. The average molecular weight is 409 g/mol. The van der Waals surface area contributed by atoms with Crippen LogP contribution in [-0.4, -0.2) is 37.7 Å². The van der Waals surface area contributed by atoms with Crippen molar-refractivity contribution < 1.29 is 13.9 Å². The summed E-state index contributed by atoms with van der Waals surface area (Å²) in [6.45, 7) is 12.0. The van der Waals surface area contributed by atoms with Crippen LogP contribution in [0.15, 0.2) is 36.4 Å². The van der Waals surface area contributed by atoms with E-state index in [2.05, 4.69) is 24.1 Å². The Hall–Kier alpha value is -1.82. The number of halogens is 2. The lowest BCUT2D eigenvalue weighted by Crippen LogP contribution is -2.31. The van der Waals surface area contributed by atoms with Gasteiger partial charge in [0.1, 0.15) is 12.4 Å². The molecule has 0 bridgehead atoms. The molecule has 0 fully saturated rings. The van der Waals surface area contributed by atoms with Crippen molar-refractivity contribution in [1.29, 1.82) is 0 Å². The van der Waals surface area contributed by atoms with Gasteiger partial charge in [-0.3, -0.25) is 0 Å². The molecule has 0 atom stereocenters. The molecule has 1 N–H and O–H groups in total. The van der Waals surface area contributed by atoms with Crippen molar-refractivity contribution in [3.8, 4) is 11.5 Å². The first-order valence-electron chi connectivity index (χ1n) is 9.82. The van der Waals surface area contributed by atoms with Gasteiger partial charge in [-0.15, -0.1) is 0 Å². The number of nitrogens with one attached hydrogen (secondary N) is 1. The summed E-state index contributed by atoms with van der Waals surface area (Å²) in [7, 11) is 0. The normalized spacial score (nSPS) is 11.1. The summed E-state index contributed by atoms with van der Waals surface area (Å²) >= 11 is 6.07.